The Morgan fingerprint density at radius 1 is 1.44 bits per heavy atom. The van der Waals surface area contributed by atoms with Gasteiger partial charge in [-0.1, -0.05) is 6.08 Å². The molecule has 4 rings (SSSR count). The summed E-state index contributed by atoms with van der Waals surface area (Å²) < 4.78 is 13.4. The predicted molar refractivity (Wildman–Crippen MR) is 92.7 cm³/mol. The van der Waals surface area contributed by atoms with Crippen LogP contribution < -0.4 is 20.5 Å². The minimum Gasteiger partial charge on any atom is -0.496 e. The molecular formula is C18H19N3O4. The van der Waals surface area contributed by atoms with Gasteiger partial charge in [-0.25, -0.2) is 0 Å². The van der Waals surface area contributed by atoms with E-state index in [1.165, 1.54) is 7.11 Å². The van der Waals surface area contributed by atoms with Crippen LogP contribution in [0, 0.1) is 0 Å². The third-order valence-electron chi connectivity index (χ3n) is 4.72. The molecule has 130 valence electrons. The Kier molecular flexibility index (Phi) is 3.63. The van der Waals surface area contributed by atoms with Gasteiger partial charge < -0.3 is 25.1 Å². The van der Waals surface area contributed by atoms with Gasteiger partial charge >= 0.3 is 0 Å². The van der Waals surface area contributed by atoms with Crippen molar-refractivity contribution in [3.05, 3.63) is 29.5 Å². The Morgan fingerprint density at radius 3 is 2.96 bits per heavy atom. The van der Waals surface area contributed by atoms with E-state index in [1.54, 1.807) is 12.1 Å². The number of nitrogens with zero attached hydrogens (tertiary/aromatic N) is 1. The Bertz CT molecular complexity index is 913. The summed E-state index contributed by atoms with van der Waals surface area (Å²) in [7, 11) is 1.51. The summed E-state index contributed by atoms with van der Waals surface area (Å²) in [5.41, 5.74) is 7.68. The van der Waals surface area contributed by atoms with Crippen LogP contribution in [0.4, 0.5) is 0 Å². The summed E-state index contributed by atoms with van der Waals surface area (Å²) in [6, 6.07) is 3.55. The zero-order valence-corrected chi connectivity index (χ0v) is 13.9. The van der Waals surface area contributed by atoms with Gasteiger partial charge in [-0.2, -0.15) is 0 Å². The summed E-state index contributed by atoms with van der Waals surface area (Å²) in [6.45, 7) is 0.414. The fourth-order valence-electron chi connectivity index (χ4n) is 3.50. The maximum atomic E-state index is 11.7. The van der Waals surface area contributed by atoms with Crippen molar-refractivity contribution in [3.8, 4) is 11.5 Å². The number of aromatic nitrogens is 1. The van der Waals surface area contributed by atoms with Crippen molar-refractivity contribution in [3.63, 3.8) is 0 Å². The van der Waals surface area contributed by atoms with Gasteiger partial charge in [0.25, 0.3) is 5.91 Å². The normalized spacial score (nSPS) is 18.4. The van der Waals surface area contributed by atoms with Gasteiger partial charge in [0.05, 0.1) is 29.9 Å². The average molecular weight is 341 g/mol. The molecule has 0 bridgehead atoms. The van der Waals surface area contributed by atoms with Gasteiger partial charge in [0, 0.05) is 24.4 Å². The Hall–Kier alpha value is -2.96. The number of ether oxygens (including phenoxy) is 2. The smallest absolute Gasteiger partial charge is 0.252 e. The summed E-state index contributed by atoms with van der Waals surface area (Å²) >= 11 is 0. The van der Waals surface area contributed by atoms with E-state index in [-0.39, 0.29) is 11.9 Å². The largest absolute Gasteiger partial charge is 0.496 e. The molecule has 2 aliphatic heterocycles. The highest BCUT2D eigenvalue weighted by molar-refractivity contribution is 6.02. The Labute approximate surface area is 144 Å². The van der Waals surface area contributed by atoms with Crippen LogP contribution in [0.2, 0.25) is 0 Å². The number of nitrogens with one attached hydrogen (secondary N) is 1. The number of carbonyl (C=O) groups excluding carboxylic acids is 2. The number of primary amides is 1. The number of hydrogen-bond acceptors (Lipinski definition) is 4. The molecule has 1 aromatic carbocycles. The lowest BCUT2D eigenvalue weighted by Crippen LogP contribution is -2.30. The summed E-state index contributed by atoms with van der Waals surface area (Å²) in [4.78, 5) is 23.1. The van der Waals surface area contributed by atoms with Gasteiger partial charge in [0.1, 0.15) is 18.1 Å². The molecule has 2 aromatic rings. The Balaban J connectivity index is 1.76. The number of carbonyl (C=O) groups is 2. The molecule has 3 N–H and O–H groups in total. The van der Waals surface area contributed by atoms with Crippen LogP contribution in [-0.4, -0.2) is 36.1 Å². The molecule has 25 heavy (non-hydrogen) atoms. The van der Waals surface area contributed by atoms with Crippen LogP contribution in [0.5, 0.6) is 11.5 Å². The molecule has 1 unspecified atom stereocenters. The molecule has 2 amide bonds. The number of benzene rings is 1. The number of fused-ring (bicyclic) bond motifs is 3. The lowest BCUT2D eigenvalue weighted by molar-refractivity contribution is -0.119. The van der Waals surface area contributed by atoms with E-state index in [0.717, 1.165) is 35.2 Å². The minimum absolute atomic E-state index is 0.0271. The predicted octanol–water partition coefficient (Wildman–Crippen LogP) is 1.43. The lowest BCUT2D eigenvalue weighted by atomic mass is 10.1. The van der Waals surface area contributed by atoms with Crippen LogP contribution in [0.25, 0.3) is 17.1 Å². The fraction of sp³-hybridized carbons (Fsp3) is 0.333. The first-order chi connectivity index (χ1) is 12.1. The molecule has 0 aliphatic carbocycles. The molecular weight excluding hydrogens is 322 g/mol. The quantitative estimate of drug-likeness (QED) is 0.860. The molecule has 0 saturated carbocycles. The van der Waals surface area contributed by atoms with Gasteiger partial charge in [-0.3, -0.25) is 9.59 Å². The third kappa shape index (κ3) is 2.52. The first-order valence-electron chi connectivity index (χ1n) is 8.22. The monoisotopic (exact) mass is 341 g/mol. The second-order valence-electron chi connectivity index (χ2n) is 6.28. The number of rotatable bonds is 5. The third-order valence-corrected chi connectivity index (χ3v) is 4.72. The number of nitrogens with two attached hydrogens (primary N) is 1. The second-order valence-corrected chi connectivity index (χ2v) is 6.28. The van der Waals surface area contributed by atoms with Gasteiger partial charge in [0.15, 0.2) is 0 Å². The van der Waals surface area contributed by atoms with Crippen LogP contribution in [-0.2, 0) is 11.2 Å². The lowest BCUT2D eigenvalue weighted by Gasteiger charge is -2.13. The molecule has 1 saturated heterocycles. The molecule has 7 heteroatoms. The maximum absolute atomic E-state index is 11.7. The first-order valence-corrected chi connectivity index (χ1v) is 8.22. The topological polar surface area (TPSA) is 95.6 Å². The van der Waals surface area contributed by atoms with E-state index in [1.807, 2.05) is 16.8 Å². The van der Waals surface area contributed by atoms with Gasteiger partial charge in [-0.05, 0) is 18.6 Å². The highest BCUT2D eigenvalue weighted by Gasteiger charge is 2.26. The zero-order valence-electron chi connectivity index (χ0n) is 13.9. The molecule has 0 radical (unpaired) electrons. The van der Waals surface area contributed by atoms with Crippen LogP contribution in [0.1, 0.15) is 28.9 Å². The standard InChI is InChI=1S/C18H19N3O4/c1-24-15-8-11-14(7-12(15)18(19)23)21-6-2-3-13(21)17(11)25-9-10-4-5-16(22)20-10/h2,6-8,10H,3-5,9H2,1H3,(H2,19,23)(H,20,22). The SMILES string of the molecule is COc1cc2c(OCC3CCC(=O)N3)c3n(c2cc1C(N)=O)C=CC3. The van der Waals surface area contributed by atoms with E-state index in [9.17, 15) is 9.59 Å². The molecule has 0 spiro atoms. The van der Waals surface area contributed by atoms with E-state index in [0.29, 0.717) is 24.3 Å². The van der Waals surface area contributed by atoms with Crippen molar-refractivity contribution >= 4 is 28.9 Å². The van der Waals surface area contributed by atoms with Crippen molar-refractivity contribution in [2.75, 3.05) is 13.7 Å². The van der Waals surface area contributed by atoms with Crippen LogP contribution in [0.15, 0.2) is 18.2 Å². The summed E-state index contributed by atoms with van der Waals surface area (Å²) in [5.74, 6) is 0.713. The van der Waals surface area contributed by atoms with Crippen molar-refractivity contribution < 1.29 is 19.1 Å². The van der Waals surface area contributed by atoms with Crippen molar-refractivity contribution in [2.45, 2.75) is 25.3 Å². The molecule has 1 fully saturated rings. The molecule has 7 nitrogen and oxygen atoms in total. The number of hydrogen-bond donors (Lipinski definition) is 2. The number of amides is 2. The van der Waals surface area contributed by atoms with E-state index in [2.05, 4.69) is 5.32 Å². The highest BCUT2D eigenvalue weighted by Crippen LogP contribution is 2.40. The van der Waals surface area contributed by atoms with E-state index >= 15 is 0 Å². The highest BCUT2D eigenvalue weighted by atomic mass is 16.5. The maximum Gasteiger partial charge on any atom is 0.252 e. The zero-order chi connectivity index (χ0) is 17.6. The fourth-order valence-corrected chi connectivity index (χ4v) is 3.50. The number of methoxy groups -OCH3 is 1. The van der Waals surface area contributed by atoms with Crippen molar-refractivity contribution in [2.24, 2.45) is 5.73 Å². The van der Waals surface area contributed by atoms with E-state index < -0.39 is 5.91 Å². The summed E-state index contributed by atoms with van der Waals surface area (Å²) in [6.07, 6.45) is 6.06. The van der Waals surface area contributed by atoms with Gasteiger partial charge in [-0.15, -0.1) is 0 Å². The molecule has 1 atom stereocenters. The van der Waals surface area contributed by atoms with Crippen LogP contribution in [0.3, 0.4) is 0 Å². The molecule has 2 aliphatic rings. The average Bonchev–Trinajstić information content (AvgIpc) is 3.28. The first kappa shape index (κ1) is 15.6. The number of allylic oxidation sites excluding steroid dienone is 1. The van der Waals surface area contributed by atoms with Crippen molar-refractivity contribution in [1.29, 1.82) is 0 Å². The minimum atomic E-state index is -0.535. The summed E-state index contributed by atoms with van der Waals surface area (Å²) in [5, 5.41) is 3.77. The second kappa shape index (κ2) is 5.84. The van der Waals surface area contributed by atoms with E-state index in [4.69, 9.17) is 15.2 Å². The molecule has 3 heterocycles. The van der Waals surface area contributed by atoms with Crippen LogP contribution >= 0.6 is 0 Å². The van der Waals surface area contributed by atoms with Crippen molar-refractivity contribution in [1.82, 2.24) is 9.88 Å². The Morgan fingerprint density at radius 2 is 2.28 bits per heavy atom. The van der Waals surface area contributed by atoms with Gasteiger partial charge in [0.2, 0.25) is 5.91 Å². The molecule has 1 aromatic heterocycles.